The number of aryl methyl sites for hydroxylation is 1. The summed E-state index contributed by atoms with van der Waals surface area (Å²) in [5.41, 5.74) is 2.77. The fourth-order valence-electron chi connectivity index (χ4n) is 4.22. The number of amides is 1. The van der Waals surface area contributed by atoms with E-state index in [4.69, 9.17) is 0 Å². The van der Waals surface area contributed by atoms with E-state index in [2.05, 4.69) is 21.4 Å². The van der Waals surface area contributed by atoms with Crippen LogP contribution in [-0.4, -0.2) is 40.4 Å². The van der Waals surface area contributed by atoms with Crippen LogP contribution in [0.25, 0.3) is 11.6 Å². The number of likely N-dealkylation sites (tertiary alicyclic amines) is 1. The van der Waals surface area contributed by atoms with Crippen molar-refractivity contribution >= 4 is 23.4 Å². The van der Waals surface area contributed by atoms with Crippen LogP contribution < -0.4 is 21.6 Å². The van der Waals surface area contributed by atoms with Crippen molar-refractivity contribution in [1.29, 1.82) is 0 Å². The summed E-state index contributed by atoms with van der Waals surface area (Å²) in [6, 6.07) is 7.98. The lowest BCUT2D eigenvalue weighted by Crippen LogP contribution is -2.39. The molecule has 4 rings (SSSR count). The minimum absolute atomic E-state index is 0.145. The Kier molecular flexibility index (Phi) is 6.65. The van der Waals surface area contributed by atoms with E-state index < -0.39 is 0 Å². The molecule has 2 aromatic rings. The highest BCUT2D eigenvalue weighted by Crippen LogP contribution is 2.14. The summed E-state index contributed by atoms with van der Waals surface area (Å²) in [7, 11) is 0. The van der Waals surface area contributed by atoms with Gasteiger partial charge in [-0.25, -0.2) is 4.79 Å². The molecule has 6 heteroatoms. The lowest BCUT2D eigenvalue weighted by atomic mass is 10.1. The molecule has 1 amide bonds. The molecular formula is C25H30N4O2. The summed E-state index contributed by atoms with van der Waals surface area (Å²) in [4.78, 5) is 33.6. The van der Waals surface area contributed by atoms with E-state index in [0.717, 1.165) is 66.9 Å². The molecule has 2 heterocycles. The summed E-state index contributed by atoms with van der Waals surface area (Å²) in [6.07, 6.45) is 12.1. The smallest absolute Gasteiger partial charge is 0.347 e. The van der Waals surface area contributed by atoms with E-state index in [9.17, 15) is 9.59 Å². The molecule has 1 saturated heterocycles. The molecule has 162 valence electrons. The van der Waals surface area contributed by atoms with Crippen LogP contribution >= 0.6 is 0 Å². The maximum absolute atomic E-state index is 12.6. The summed E-state index contributed by atoms with van der Waals surface area (Å²) < 4.78 is 0. The number of carbonyl (C=O) groups is 1. The summed E-state index contributed by atoms with van der Waals surface area (Å²) >= 11 is 0. The van der Waals surface area contributed by atoms with Crippen molar-refractivity contribution in [2.75, 3.05) is 25.0 Å². The average molecular weight is 419 g/mol. The van der Waals surface area contributed by atoms with Gasteiger partial charge in [-0.1, -0.05) is 24.3 Å². The molecule has 0 spiro atoms. The number of nitrogens with one attached hydrogen (secondary N) is 2. The van der Waals surface area contributed by atoms with Gasteiger partial charge in [0.15, 0.2) is 0 Å². The van der Waals surface area contributed by atoms with E-state index in [1.54, 1.807) is 0 Å². The van der Waals surface area contributed by atoms with Crippen molar-refractivity contribution in [3.8, 4) is 0 Å². The highest BCUT2D eigenvalue weighted by atomic mass is 16.2. The number of nitrogens with zero attached hydrogens (tertiary/aromatic N) is 2. The maximum atomic E-state index is 12.6. The second kappa shape index (κ2) is 9.77. The van der Waals surface area contributed by atoms with Gasteiger partial charge in [0.2, 0.25) is 0 Å². The van der Waals surface area contributed by atoms with Crippen molar-refractivity contribution in [1.82, 2.24) is 14.9 Å². The van der Waals surface area contributed by atoms with Gasteiger partial charge in [-0.15, -0.1) is 0 Å². The van der Waals surface area contributed by atoms with Crippen molar-refractivity contribution < 1.29 is 4.79 Å². The van der Waals surface area contributed by atoms with E-state index in [1.807, 2.05) is 48.2 Å². The molecular weight excluding hydrogens is 388 g/mol. The molecule has 1 aliphatic heterocycles. The number of piperidine rings is 1. The minimum atomic E-state index is -0.329. The number of benzene rings is 1. The van der Waals surface area contributed by atoms with E-state index in [1.165, 1.54) is 12.0 Å². The van der Waals surface area contributed by atoms with Crippen LogP contribution in [0.1, 0.15) is 54.9 Å². The van der Waals surface area contributed by atoms with Crippen LogP contribution in [-0.2, 0) is 6.42 Å². The number of carbonyl (C=O) groups excluding carboxylic acids is 1. The Labute approximate surface area is 182 Å². The van der Waals surface area contributed by atoms with Gasteiger partial charge < -0.3 is 15.2 Å². The first-order valence-electron chi connectivity index (χ1n) is 11.2. The topological polar surface area (TPSA) is 78.1 Å². The molecule has 0 radical (unpaired) electrons. The van der Waals surface area contributed by atoms with E-state index >= 15 is 0 Å². The van der Waals surface area contributed by atoms with E-state index in [0.29, 0.717) is 12.4 Å². The van der Waals surface area contributed by atoms with Gasteiger partial charge in [0.25, 0.3) is 5.91 Å². The number of aromatic amines is 1. The number of fused-ring (bicyclic) bond motifs is 1. The second-order valence-corrected chi connectivity index (χ2v) is 8.34. The summed E-state index contributed by atoms with van der Waals surface area (Å²) in [6.45, 7) is 4.49. The molecule has 0 atom stereocenters. The molecule has 6 nitrogen and oxygen atoms in total. The second-order valence-electron chi connectivity index (χ2n) is 8.34. The zero-order valence-electron chi connectivity index (χ0n) is 18.1. The van der Waals surface area contributed by atoms with Crippen LogP contribution in [0.15, 0.2) is 41.2 Å². The third kappa shape index (κ3) is 5.13. The predicted octanol–water partition coefficient (Wildman–Crippen LogP) is 2.35. The molecule has 2 N–H and O–H groups in total. The molecule has 2 aliphatic rings. The molecule has 0 bridgehead atoms. The quantitative estimate of drug-likeness (QED) is 0.706. The Morgan fingerprint density at radius 1 is 1.16 bits per heavy atom. The standard InChI is InChI=1S/C25H30N4O2/c1-18-8-3-4-10-21-22(18)27-25(31)28-23(21)26-15-7-9-19-11-13-20(14-12-19)24(30)29-16-5-2-6-17-29/h3-4,10-14H,2,5-9,15-17H2,1H3,(H2,26,27,28,31). The molecule has 1 aromatic heterocycles. The number of anilines is 1. The first-order chi connectivity index (χ1) is 15.1. The Morgan fingerprint density at radius 3 is 2.71 bits per heavy atom. The Bertz CT molecular complexity index is 1140. The molecule has 1 aliphatic carbocycles. The zero-order chi connectivity index (χ0) is 21.6. The van der Waals surface area contributed by atoms with Gasteiger partial charge in [0, 0.05) is 30.4 Å². The Hall–Kier alpha value is -3.15. The molecule has 0 saturated carbocycles. The lowest BCUT2D eigenvalue weighted by Gasteiger charge is -2.26. The average Bonchev–Trinajstić information content (AvgIpc) is 2.98. The van der Waals surface area contributed by atoms with Crippen molar-refractivity contribution in [2.45, 2.75) is 45.4 Å². The van der Waals surface area contributed by atoms with Gasteiger partial charge in [-0.2, -0.15) is 4.98 Å². The zero-order valence-corrected chi connectivity index (χ0v) is 18.1. The molecule has 0 unspecified atom stereocenters. The number of rotatable bonds is 6. The van der Waals surface area contributed by atoms with Crippen LogP contribution in [0.3, 0.4) is 0 Å². The largest absolute Gasteiger partial charge is 0.369 e. The monoisotopic (exact) mass is 418 g/mol. The van der Waals surface area contributed by atoms with Crippen LogP contribution in [0, 0.1) is 0 Å². The number of allylic oxidation sites excluding steroid dienone is 2. The van der Waals surface area contributed by atoms with Crippen molar-refractivity contribution in [2.24, 2.45) is 0 Å². The molecule has 31 heavy (non-hydrogen) atoms. The van der Waals surface area contributed by atoms with Crippen LogP contribution in [0.4, 0.5) is 5.82 Å². The highest BCUT2D eigenvalue weighted by molar-refractivity contribution is 5.94. The maximum Gasteiger partial charge on any atom is 0.347 e. The number of aromatic nitrogens is 2. The summed E-state index contributed by atoms with van der Waals surface area (Å²) in [5, 5.41) is 5.13. The Balaban J connectivity index is 1.35. The third-order valence-electron chi connectivity index (χ3n) is 6.00. The molecule has 1 aromatic carbocycles. The fourth-order valence-corrected chi connectivity index (χ4v) is 4.22. The van der Waals surface area contributed by atoms with Crippen molar-refractivity contribution in [3.63, 3.8) is 0 Å². The van der Waals surface area contributed by atoms with Gasteiger partial charge in [0.1, 0.15) is 5.82 Å². The van der Waals surface area contributed by atoms with E-state index in [-0.39, 0.29) is 11.6 Å². The lowest BCUT2D eigenvalue weighted by molar-refractivity contribution is 0.0724. The third-order valence-corrected chi connectivity index (χ3v) is 6.00. The molecule has 1 fully saturated rings. The highest BCUT2D eigenvalue weighted by Gasteiger charge is 2.17. The first-order valence-corrected chi connectivity index (χ1v) is 11.2. The fraction of sp³-hybridized carbons (Fsp3) is 0.400. The number of hydrogen-bond donors (Lipinski definition) is 2. The predicted molar refractivity (Wildman–Crippen MR) is 124 cm³/mol. The van der Waals surface area contributed by atoms with Gasteiger partial charge in [-0.3, -0.25) is 4.79 Å². The van der Waals surface area contributed by atoms with Crippen LogP contribution in [0.5, 0.6) is 0 Å². The summed E-state index contributed by atoms with van der Waals surface area (Å²) in [5.74, 6) is 0.776. The van der Waals surface area contributed by atoms with Gasteiger partial charge in [-0.05, 0) is 74.8 Å². The number of hydrogen-bond acceptors (Lipinski definition) is 4. The SMILES string of the molecule is CC1=c2[nH]c(=O)nc(NCCCc3ccc(C(=O)N4CCCCC4)cc3)c2=CC=CC1. The minimum Gasteiger partial charge on any atom is -0.369 e. The van der Waals surface area contributed by atoms with Gasteiger partial charge in [0.05, 0.1) is 5.35 Å². The Morgan fingerprint density at radius 2 is 1.94 bits per heavy atom. The van der Waals surface area contributed by atoms with Gasteiger partial charge >= 0.3 is 5.69 Å². The number of H-pyrrole nitrogens is 1. The van der Waals surface area contributed by atoms with Crippen LogP contribution in [0.2, 0.25) is 0 Å². The van der Waals surface area contributed by atoms with Crippen molar-refractivity contribution in [3.05, 3.63) is 68.6 Å². The first kappa shape index (κ1) is 21.1. The normalized spacial score (nSPS) is 15.8.